The summed E-state index contributed by atoms with van der Waals surface area (Å²) in [6, 6.07) is 9.40. The van der Waals surface area contributed by atoms with Crippen molar-refractivity contribution < 1.29 is 8.42 Å². The van der Waals surface area contributed by atoms with Crippen LogP contribution in [0.5, 0.6) is 0 Å². The van der Waals surface area contributed by atoms with Gasteiger partial charge in [0.2, 0.25) is 0 Å². The molecule has 0 aliphatic rings. The van der Waals surface area contributed by atoms with E-state index in [-0.39, 0.29) is 4.90 Å². The Balaban J connectivity index is 2.38. The smallest absolute Gasteiger partial charge is 0.261 e. The molecule has 4 nitrogen and oxygen atoms in total. The van der Waals surface area contributed by atoms with Gasteiger partial charge in [-0.1, -0.05) is 11.6 Å². The number of halogens is 2. The summed E-state index contributed by atoms with van der Waals surface area (Å²) < 4.78 is 27.7. The van der Waals surface area contributed by atoms with E-state index in [1.807, 2.05) is 0 Å². The predicted molar refractivity (Wildman–Crippen MR) is 85.6 cm³/mol. The summed E-state index contributed by atoms with van der Waals surface area (Å²) in [5.74, 6) is 0. The first kappa shape index (κ1) is 15.2. The zero-order chi connectivity index (χ0) is 14.9. The van der Waals surface area contributed by atoms with E-state index < -0.39 is 10.0 Å². The largest absolute Gasteiger partial charge is 0.398 e. The van der Waals surface area contributed by atoms with Crippen molar-refractivity contribution >= 4 is 48.9 Å². The van der Waals surface area contributed by atoms with Gasteiger partial charge in [0.25, 0.3) is 10.0 Å². The van der Waals surface area contributed by atoms with Crippen molar-refractivity contribution in [1.29, 1.82) is 0 Å². The van der Waals surface area contributed by atoms with Crippen LogP contribution in [0.3, 0.4) is 0 Å². The highest BCUT2D eigenvalue weighted by Crippen LogP contribution is 2.26. The van der Waals surface area contributed by atoms with Crippen LogP contribution in [0.4, 0.5) is 11.4 Å². The molecule has 0 aromatic heterocycles. The Hall–Kier alpha value is -1.24. The Morgan fingerprint density at radius 2 is 1.90 bits per heavy atom. The highest BCUT2D eigenvalue weighted by atomic mass is 79.9. The number of nitrogens with two attached hydrogens (primary N) is 1. The molecule has 106 valence electrons. The second-order valence-corrected chi connectivity index (χ2v) is 7.22. The van der Waals surface area contributed by atoms with Crippen LogP contribution in [0.25, 0.3) is 0 Å². The van der Waals surface area contributed by atoms with Gasteiger partial charge in [0.05, 0.1) is 10.6 Å². The summed E-state index contributed by atoms with van der Waals surface area (Å²) >= 11 is 9.06. The number of anilines is 2. The van der Waals surface area contributed by atoms with Crippen LogP contribution < -0.4 is 10.5 Å². The SMILES string of the molecule is Cc1cc(Cl)ccc1NS(=O)(=O)c1ccc(N)c(Br)c1. The third-order valence-corrected chi connectivity index (χ3v) is 5.00. The van der Waals surface area contributed by atoms with Gasteiger partial charge in [0.15, 0.2) is 0 Å². The molecule has 0 amide bonds. The second-order valence-electron chi connectivity index (χ2n) is 4.25. The summed E-state index contributed by atoms with van der Waals surface area (Å²) in [7, 11) is -3.67. The van der Waals surface area contributed by atoms with Crippen LogP contribution in [-0.2, 0) is 10.0 Å². The number of nitrogens with one attached hydrogen (secondary N) is 1. The van der Waals surface area contributed by atoms with E-state index in [0.717, 1.165) is 5.56 Å². The Bertz CT molecular complexity index is 763. The summed E-state index contributed by atoms with van der Waals surface area (Å²) in [5.41, 5.74) is 7.36. The van der Waals surface area contributed by atoms with Gasteiger partial charge in [0.1, 0.15) is 0 Å². The van der Waals surface area contributed by atoms with Crippen LogP contribution in [0.1, 0.15) is 5.56 Å². The molecular weight excluding hydrogens is 364 g/mol. The van der Waals surface area contributed by atoms with Gasteiger partial charge < -0.3 is 5.73 Å². The maximum absolute atomic E-state index is 12.3. The van der Waals surface area contributed by atoms with E-state index in [2.05, 4.69) is 20.7 Å². The highest BCUT2D eigenvalue weighted by Gasteiger charge is 2.16. The molecule has 20 heavy (non-hydrogen) atoms. The van der Waals surface area contributed by atoms with Gasteiger partial charge in [0, 0.05) is 15.2 Å². The first-order valence-electron chi connectivity index (χ1n) is 5.63. The highest BCUT2D eigenvalue weighted by molar-refractivity contribution is 9.10. The van der Waals surface area contributed by atoms with Gasteiger partial charge in [-0.05, 0) is 64.8 Å². The molecule has 0 bridgehead atoms. The molecule has 0 radical (unpaired) electrons. The molecule has 0 atom stereocenters. The third kappa shape index (κ3) is 3.26. The topological polar surface area (TPSA) is 72.2 Å². The van der Waals surface area contributed by atoms with Gasteiger partial charge in [-0.2, -0.15) is 0 Å². The lowest BCUT2D eigenvalue weighted by Crippen LogP contribution is -2.14. The van der Waals surface area contributed by atoms with Gasteiger partial charge in [-0.15, -0.1) is 0 Å². The van der Waals surface area contributed by atoms with Crippen LogP contribution >= 0.6 is 27.5 Å². The molecule has 2 aromatic rings. The van der Waals surface area contributed by atoms with Crippen molar-refractivity contribution in [2.75, 3.05) is 10.5 Å². The van der Waals surface area contributed by atoms with E-state index >= 15 is 0 Å². The quantitative estimate of drug-likeness (QED) is 0.802. The van der Waals surface area contributed by atoms with Crippen molar-refractivity contribution in [2.45, 2.75) is 11.8 Å². The minimum atomic E-state index is -3.67. The lowest BCUT2D eigenvalue weighted by Gasteiger charge is -2.11. The minimum Gasteiger partial charge on any atom is -0.398 e. The lowest BCUT2D eigenvalue weighted by molar-refractivity contribution is 0.601. The molecule has 2 rings (SSSR count). The van der Waals surface area contributed by atoms with E-state index in [9.17, 15) is 8.42 Å². The summed E-state index contributed by atoms with van der Waals surface area (Å²) in [4.78, 5) is 0.132. The molecule has 0 unspecified atom stereocenters. The standard InChI is InChI=1S/C13H12BrClN2O2S/c1-8-6-9(15)2-5-13(8)17-20(18,19)10-3-4-12(16)11(14)7-10/h2-7,17H,16H2,1H3. The van der Waals surface area contributed by atoms with Crippen molar-refractivity contribution in [3.63, 3.8) is 0 Å². The van der Waals surface area contributed by atoms with Crippen LogP contribution in [0.2, 0.25) is 5.02 Å². The molecule has 0 fully saturated rings. The molecular formula is C13H12BrClN2O2S. The Labute approximate surface area is 131 Å². The normalized spacial score (nSPS) is 11.3. The van der Waals surface area contributed by atoms with Crippen molar-refractivity contribution in [1.82, 2.24) is 0 Å². The van der Waals surface area contributed by atoms with Crippen molar-refractivity contribution in [2.24, 2.45) is 0 Å². The van der Waals surface area contributed by atoms with E-state index in [1.165, 1.54) is 18.2 Å². The average molecular weight is 376 g/mol. The van der Waals surface area contributed by atoms with Crippen LogP contribution in [-0.4, -0.2) is 8.42 Å². The fourth-order valence-electron chi connectivity index (χ4n) is 1.62. The molecule has 2 aromatic carbocycles. The molecule has 0 heterocycles. The molecule has 3 N–H and O–H groups in total. The number of hydrogen-bond donors (Lipinski definition) is 2. The maximum atomic E-state index is 12.3. The molecule has 0 aliphatic carbocycles. The zero-order valence-electron chi connectivity index (χ0n) is 10.5. The number of aryl methyl sites for hydroxylation is 1. The van der Waals surface area contributed by atoms with Gasteiger partial charge in [-0.3, -0.25) is 4.72 Å². The lowest BCUT2D eigenvalue weighted by atomic mass is 10.2. The first-order valence-corrected chi connectivity index (χ1v) is 8.29. The Kier molecular flexibility index (Phi) is 4.27. The fourth-order valence-corrected chi connectivity index (χ4v) is 3.53. The van der Waals surface area contributed by atoms with Crippen LogP contribution in [0, 0.1) is 6.92 Å². The van der Waals surface area contributed by atoms with Crippen molar-refractivity contribution in [3.8, 4) is 0 Å². The second kappa shape index (κ2) is 5.63. The van der Waals surface area contributed by atoms with E-state index in [4.69, 9.17) is 17.3 Å². The molecule has 7 heteroatoms. The number of sulfonamides is 1. The number of hydrogen-bond acceptors (Lipinski definition) is 3. The van der Waals surface area contributed by atoms with Gasteiger partial charge >= 0.3 is 0 Å². The minimum absolute atomic E-state index is 0.132. The summed E-state index contributed by atoms with van der Waals surface area (Å²) in [5, 5.41) is 0.556. The summed E-state index contributed by atoms with van der Waals surface area (Å²) in [6.07, 6.45) is 0. The Morgan fingerprint density at radius 1 is 1.20 bits per heavy atom. The average Bonchev–Trinajstić information content (AvgIpc) is 2.36. The number of benzene rings is 2. The monoisotopic (exact) mass is 374 g/mol. The number of nitrogen functional groups attached to an aromatic ring is 1. The maximum Gasteiger partial charge on any atom is 0.261 e. The first-order chi connectivity index (χ1) is 9.29. The molecule has 0 saturated carbocycles. The predicted octanol–water partition coefficient (Wildman–Crippen LogP) is 3.79. The molecule has 0 spiro atoms. The molecule has 0 saturated heterocycles. The van der Waals surface area contributed by atoms with Crippen LogP contribution in [0.15, 0.2) is 45.8 Å². The van der Waals surface area contributed by atoms with Gasteiger partial charge in [-0.25, -0.2) is 8.42 Å². The van der Waals surface area contributed by atoms with E-state index in [1.54, 1.807) is 25.1 Å². The Morgan fingerprint density at radius 3 is 2.50 bits per heavy atom. The van der Waals surface area contributed by atoms with Crippen molar-refractivity contribution in [3.05, 3.63) is 51.5 Å². The fraction of sp³-hybridized carbons (Fsp3) is 0.0769. The molecule has 0 aliphatic heterocycles. The number of rotatable bonds is 3. The zero-order valence-corrected chi connectivity index (χ0v) is 13.7. The summed E-state index contributed by atoms with van der Waals surface area (Å²) in [6.45, 7) is 1.78. The van der Waals surface area contributed by atoms with E-state index in [0.29, 0.717) is 20.9 Å². The third-order valence-electron chi connectivity index (χ3n) is 2.71.